The fourth-order valence-corrected chi connectivity index (χ4v) is 3.91. The second-order valence-electron chi connectivity index (χ2n) is 8.65. The van der Waals surface area contributed by atoms with E-state index in [4.69, 9.17) is 18.9 Å². The largest absolute Gasteiger partial charge is 0.394 e. The molecule has 8 N–H and O–H groups in total. The van der Waals surface area contributed by atoms with Crippen molar-refractivity contribution in [3.8, 4) is 0 Å². The van der Waals surface area contributed by atoms with Gasteiger partial charge >= 0.3 is 0 Å². The van der Waals surface area contributed by atoms with E-state index in [1.165, 1.54) is 6.92 Å². The van der Waals surface area contributed by atoms with E-state index in [1.807, 2.05) is 30.3 Å². The number of rotatable bonds is 9. The average molecular weight is 491 g/mol. The molecule has 2 fully saturated rings. The molecule has 2 heterocycles. The van der Waals surface area contributed by atoms with Gasteiger partial charge < -0.3 is 59.8 Å². The standard InChI is InChI=1S/C22H34O12/c1-10(24)12(7-11-5-3-2-4-6-11)32-22-20(30)18(28)16(26)14(34-22)9-31-21-19(29)17(27)15(25)13(8-23)33-21/h2-6,10,12-30H,7-9H2,1H3. The van der Waals surface area contributed by atoms with Crippen molar-refractivity contribution in [3.63, 3.8) is 0 Å². The lowest BCUT2D eigenvalue weighted by Crippen LogP contribution is -2.62. The number of hydrogen-bond acceptors (Lipinski definition) is 12. The van der Waals surface area contributed by atoms with Gasteiger partial charge in [0.05, 0.1) is 25.4 Å². The second-order valence-corrected chi connectivity index (χ2v) is 8.65. The maximum absolute atomic E-state index is 10.4. The average Bonchev–Trinajstić information content (AvgIpc) is 2.83. The Labute approximate surface area is 196 Å². The molecule has 0 aromatic heterocycles. The molecule has 0 saturated carbocycles. The van der Waals surface area contributed by atoms with Crippen molar-refractivity contribution < 1.29 is 59.8 Å². The molecule has 34 heavy (non-hydrogen) atoms. The van der Waals surface area contributed by atoms with Gasteiger partial charge in [-0.3, -0.25) is 0 Å². The van der Waals surface area contributed by atoms with Gasteiger partial charge in [0.2, 0.25) is 0 Å². The molecule has 194 valence electrons. The van der Waals surface area contributed by atoms with Crippen LogP contribution in [-0.4, -0.2) is 128 Å². The third kappa shape index (κ3) is 6.29. The van der Waals surface area contributed by atoms with E-state index >= 15 is 0 Å². The fourth-order valence-electron chi connectivity index (χ4n) is 3.91. The maximum atomic E-state index is 10.4. The first-order valence-electron chi connectivity index (χ1n) is 11.1. The predicted octanol–water partition coefficient (Wildman–Crippen LogP) is -3.38. The number of benzene rings is 1. The number of aliphatic hydroxyl groups excluding tert-OH is 8. The van der Waals surface area contributed by atoms with Gasteiger partial charge in [-0.15, -0.1) is 0 Å². The molecule has 0 bridgehead atoms. The number of aliphatic hydroxyl groups is 8. The first-order valence-corrected chi connectivity index (χ1v) is 11.1. The smallest absolute Gasteiger partial charge is 0.187 e. The molecular formula is C22H34O12. The van der Waals surface area contributed by atoms with Crippen molar-refractivity contribution >= 4 is 0 Å². The van der Waals surface area contributed by atoms with Crippen LogP contribution < -0.4 is 0 Å². The molecule has 2 aliphatic rings. The minimum Gasteiger partial charge on any atom is -0.394 e. The summed E-state index contributed by atoms with van der Waals surface area (Å²) in [5.41, 5.74) is 0.863. The zero-order chi connectivity index (χ0) is 25.0. The molecule has 0 spiro atoms. The predicted molar refractivity (Wildman–Crippen MR) is 113 cm³/mol. The molecule has 12 heteroatoms. The Morgan fingerprint density at radius 3 is 1.94 bits per heavy atom. The lowest BCUT2D eigenvalue weighted by molar-refractivity contribution is -0.338. The summed E-state index contributed by atoms with van der Waals surface area (Å²) in [6.07, 6.45) is -16.6. The van der Waals surface area contributed by atoms with Crippen LogP contribution in [-0.2, 0) is 25.4 Å². The zero-order valence-electron chi connectivity index (χ0n) is 18.6. The van der Waals surface area contributed by atoms with Gasteiger partial charge in [-0.25, -0.2) is 0 Å². The Hall–Kier alpha value is -1.26. The van der Waals surface area contributed by atoms with Crippen molar-refractivity contribution in [2.24, 2.45) is 0 Å². The molecule has 0 amide bonds. The van der Waals surface area contributed by atoms with Crippen molar-refractivity contribution in [2.75, 3.05) is 13.2 Å². The van der Waals surface area contributed by atoms with Gasteiger partial charge in [-0.1, -0.05) is 30.3 Å². The molecule has 2 aliphatic heterocycles. The normalized spacial score (nSPS) is 40.6. The highest BCUT2D eigenvalue weighted by Crippen LogP contribution is 2.27. The van der Waals surface area contributed by atoms with Crippen LogP contribution in [0.2, 0.25) is 0 Å². The van der Waals surface area contributed by atoms with Crippen LogP contribution in [0.3, 0.4) is 0 Å². The van der Waals surface area contributed by atoms with E-state index in [2.05, 4.69) is 0 Å². The lowest BCUT2D eigenvalue weighted by atomic mass is 9.98. The minimum atomic E-state index is -1.67. The van der Waals surface area contributed by atoms with Crippen LogP contribution in [0.5, 0.6) is 0 Å². The molecule has 0 radical (unpaired) electrons. The summed E-state index contributed by atoms with van der Waals surface area (Å²) in [6.45, 7) is 0.398. The SMILES string of the molecule is CC(O)C(Cc1ccccc1)OC1OC(COC2OC(CO)C(O)C(O)C2O)C(O)C(O)C1O. The third-order valence-corrected chi connectivity index (χ3v) is 6.07. The summed E-state index contributed by atoms with van der Waals surface area (Å²) in [7, 11) is 0. The highest BCUT2D eigenvalue weighted by molar-refractivity contribution is 5.15. The number of hydrogen-bond donors (Lipinski definition) is 8. The Kier molecular flexibility index (Phi) is 9.74. The van der Waals surface area contributed by atoms with E-state index < -0.39 is 86.8 Å². The molecule has 0 aliphatic carbocycles. The topological polar surface area (TPSA) is 199 Å². The van der Waals surface area contributed by atoms with E-state index in [0.717, 1.165) is 5.56 Å². The molecule has 1 aromatic rings. The highest BCUT2D eigenvalue weighted by Gasteiger charge is 2.48. The van der Waals surface area contributed by atoms with E-state index in [0.29, 0.717) is 0 Å². The summed E-state index contributed by atoms with van der Waals surface area (Å²) in [5.74, 6) is 0. The fraction of sp³-hybridized carbons (Fsp3) is 0.727. The summed E-state index contributed by atoms with van der Waals surface area (Å²) in [6, 6.07) is 9.17. The van der Waals surface area contributed by atoms with Crippen LogP contribution in [0.4, 0.5) is 0 Å². The Bertz CT molecular complexity index is 734. The van der Waals surface area contributed by atoms with Gasteiger partial charge in [0.25, 0.3) is 0 Å². The van der Waals surface area contributed by atoms with Crippen LogP contribution in [0.25, 0.3) is 0 Å². The summed E-state index contributed by atoms with van der Waals surface area (Å²) in [5, 5.41) is 80.3. The second kappa shape index (κ2) is 12.1. The summed E-state index contributed by atoms with van der Waals surface area (Å²) in [4.78, 5) is 0. The van der Waals surface area contributed by atoms with Gasteiger partial charge in [0.1, 0.15) is 48.8 Å². The first-order chi connectivity index (χ1) is 16.1. The van der Waals surface area contributed by atoms with Crippen molar-refractivity contribution in [2.45, 2.75) is 87.0 Å². The molecule has 12 nitrogen and oxygen atoms in total. The zero-order valence-corrected chi connectivity index (χ0v) is 18.6. The van der Waals surface area contributed by atoms with Gasteiger partial charge in [0, 0.05) is 6.42 Å². The third-order valence-electron chi connectivity index (χ3n) is 6.07. The van der Waals surface area contributed by atoms with Gasteiger partial charge in [-0.2, -0.15) is 0 Å². The van der Waals surface area contributed by atoms with Gasteiger partial charge in [0.15, 0.2) is 12.6 Å². The van der Waals surface area contributed by atoms with Crippen LogP contribution in [0, 0.1) is 0 Å². The number of ether oxygens (including phenoxy) is 4. The highest BCUT2D eigenvalue weighted by atomic mass is 16.7. The van der Waals surface area contributed by atoms with Crippen LogP contribution >= 0.6 is 0 Å². The first kappa shape index (κ1) is 27.3. The summed E-state index contributed by atoms with van der Waals surface area (Å²) < 4.78 is 22.0. The van der Waals surface area contributed by atoms with Crippen molar-refractivity contribution in [3.05, 3.63) is 35.9 Å². The molecule has 1 aromatic carbocycles. The molecule has 12 unspecified atom stereocenters. The molecule has 12 atom stereocenters. The van der Waals surface area contributed by atoms with Gasteiger partial charge in [-0.05, 0) is 12.5 Å². The molecular weight excluding hydrogens is 456 g/mol. The Balaban J connectivity index is 1.64. The summed E-state index contributed by atoms with van der Waals surface area (Å²) >= 11 is 0. The van der Waals surface area contributed by atoms with Crippen molar-refractivity contribution in [1.82, 2.24) is 0 Å². The lowest BCUT2D eigenvalue weighted by Gasteiger charge is -2.43. The van der Waals surface area contributed by atoms with E-state index in [-0.39, 0.29) is 6.42 Å². The van der Waals surface area contributed by atoms with E-state index in [9.17, 15) is 40.9 Å². The van der Waals surface area contributed by atoms with E-state index in [1.54, 1.807) is 0 Å². The van der Waals surface area contributed by atoms with Crippen LogP contribution in [0.1, 0.15) is 12.5 Å². The van der Waals surface area contributed by atoms with Crippen molar-refractivity contribution in [1.29, 1.82) is 0 Å². The molecule has 3 rings (SSSR count). The maximum Gasteiger partial charge on any atom is 0.187 e. The van der Waals surface area contributed by atoms with Crippen LogP contribution in [0.15, 0.2) is 30.3 Å². The Morgan fingerprint density at radius 2 is 1.35 bits per heavy atom. The Morgan fingerprint density at radius 1 is 0.794 bits per heavy atom. The minimum absolute atomic E-state index is 0.287. The molecule has 2 saturated heterocycles. The monoisotopic (exact) mass is 490 g/mol. The quantitative estimate of drug-likeness (QED) is 0.171.